The van der Waals surface area contributed by atoms with Crippen molar-refractivity contribution in [2.24, 2.45) is 5.92 Å². The lowest BCUT2D eigenvalue weighted by atomic mass is 10.1. The Labute approximate surface area is 76.6 Å². The molecule has 1 aromatic rings. The molecule has 2 rings (SSSR count). The van der Waals surface area contributed by atoms with Crippen molar-refractivity contribution in [1.29, 1.82) is 0 Å². The SMILES string of the molecule is CC[C@@H]1C[C@H]1c1ccc(F)c(F)c1. The standard InChI is InChI=1S/C11H12F2/c1-2-7-5-9(7)8-3-4-10(12)11(13)6-8/h3-4,6-7,9H,2,5H2,1H3/t7-,9-/m1/s1. The highest BCUT2D eigenvalue weighted by Crippen LogP contribution is 2.49. The van der Waals surface area contributed by atoms with E-state index in [-0.39, 0.29) is 0 Å². The van der Waals surface area contributed by atoms with Gasteiger partial charge in [0.15, 0.2) is 11.6 Å². The number of benzene rings is 1. The Kier molecular flexibility index (Phi) is 2.06. The molecule has 2 heteroatoms. The molecule has 0 aliphatic heterocycles. The van der Waals surface area contributed by atoms with E-state index < -0.39 is 11.6 Å². The van der Waals surface area contributed by atoms with Crippen LogP contribution in [-0.4, -0.2) is 0 Å². The summed E-state index contributed by atoms with van der Waals surface area (Å²) in [5.41, 5.74) is 0.950. The van der Waals surface area contributed by atoms with Crippen LogP contribution in [0.15, 0.2) is 18.2 Å². The van der Waals surface area contributed by atoms with Crippen molar-refractivity contribution in [2.45, 2.75) is 25.7 Å². The minimum Gasteiger partial charge on any atom is -0.204 e. The molecule has 13 heavy (non-hydrogen) atoms. The summed E-state index contributed by atoms with van der Waals surface area (Å²) in [7, 11) is 0. The molecule has 0 saturated heterocycles. The molecule has 0 aromatic heterocycles. The molecule has 0 heterocycles. The van der Waals surface area contributed by atoms with E-state index >= 15 is 0 Å². The van der Waals surface area contributed by atoms with E-state index in [2.05, 4.69) is 6.92 Å². The molecule has 1 saturated carbocycles. The summed E-state index contributed by atoms with van der Waals surface area (Å²) < 4.78 is 25.4. The third kappa shape index (κ3) is 1.58. The quantitative estimate of drug-likeness (QED) is 0.656. The summed E-state index contributed by atoms with van der Waals surface area (Å²) in [6, 6.07) is 4.24. The van der Waals surface area contributed by atoms with E-state index in [4.69, 9.17) is 0 Å². The molecule has 0 radical (unpaired) electrons. The molecule has 1 aromatic carbocycles. The molecule has 0 N–H and O–H groups in total. The van der Waals surface area contributed by atoms with Crippen molar-refractivity contribution >= 4 is 0 Å². The van der Waals surface area contributed by atoms with Crippen molar-refractivity contribution in [3.8, 4) is 0 Å². The van der Waals surface area contributed by atoms with Gasteiger partial charge in [0.2, 0.25) is 0 Å². The maximum absolute atomic E-state index is 12.8. The monoisotopic (exact) mass is 182 g/mol. The van der Waals surface area contributed by atoms with Gasteiger partial charge in [-0.25, -0.2) is 8.78 Å². The fourth-order valence-electron chi connectivity index (χ4n) is 1.85. The van der Waals surface area contributed by atoms with Crippen LogP contribution >= 0.6 is 0 Å². The van der Waals surface area contributed by atoms with Gasteiger partial charge in [-0.2, -0.15) is 0 Å². The van der Waals surface area contributed by atoms with Crippen LogP contribution in [0.5, 0.6) is 0 Å². The normalized spacial score (nSPS) is 26.1. The first kappa shape index (κ1) is 8.67. The highest BCUT2D eigenvalue weighted by atomic mass is 19.2. The molecule has 70 valence electrons. The summed E-state index contributed by atoms with van der Waals surface area (Å²) in [5, 5.41) is 0. The van der Waals surface area contributed by atoms with E-state index in [1.807, 2.05) is 0 Å². The molecule has 1 fully saturated rings. The third-order valence-electron chi connectivity index (χ3n) is 2.82. The zero-order chi connectivity index (χ0) is 9.42. The molecule has 0 bridgehead atoms. The van der Waals surface area contributed by atoms with Gasteiger partial charge in [0, 0.05) is 0 Å². The molecular formula is C11H12F2. The number of hydrogen-bond donors (Lipinski definition) is 0. The summed E-state index contributed by atoms with van der Waals surface area (Å²) in [6.45, 7) is 2.13. The zero-order valence-electron chi connectivity index (χ0n) is 7.56. The van der Waals surface area contributed by atoms with Crippen LogP contribution in [0.25, 0.3) is 0 Å². The fraction of sp³-hybridized carbons (Fsp3) is 0.455. The average molecular weight is 182 g/mol. The molecule has 2 atom stereocenters. The predicted molar refractivity (Wildman–Crippen MR) is 47.5 cm³/mol. The highest BCUT2D eigenvalue weighted by molar-refractivity contribution is 5.26. The lowest BCUT2D eigenvalue weighted by molar-refractivity contribution is 0.507. The van der Waals surface area contributed by atoms with Gasteiger partial charge < -0.3 is 0 Å². The van der Waals surface area contributed by atoms with Crippen LogP contribution in [0, 0.1) is 17.6 Å². The predicted octanol–water partition coefficient (Wildman–Crippen LogP) is 3.48. The lowest BCUT2D eigenvalue weighted by Crippen LogP contribution is -1.88. The van der Waals surface area contributed by atoms with Crippen molar-refractivity contribution in [2.75, 3.05) is 0 Å². The summed E-state index contributed by atoms with van der Waals surface area (Å²) >= 11 is 0. The van der Waals surface area contributed by atoms with Gasteiger partial charge in [-0.3, -0.25) is 0 Å². The fourth-order valence-corrected chi connectivity index (χ4v) is 1.85. The van der Waals surface area contributed by atoms with Crippen LogP contribution in [0.1, 0.15) is 31.2 Å². The first-order valence-corrected chi connectivity index (χ1v) is 4.67. The van der Waals surface area contributed by atoms with Gasteiger partial charge in [-0.1, -0.05) is 19.4 Å². The number of rotatable bonds is 2. The van der Waals surface area contributed by atoms with Gasteiger partial charge in [0.05, 0.1) is 0 Å². The molecule has 0 amide bonds. The second-order valence-electron chi connectivity index (χ2n) is 3.68. The summed E-state index contributed by atoms with van der Waals surface area (Å²) in [6.07, 6.45) is 2.26. The number of halogens is 2. The van der Waals surface area contributed by atoms with Crippen molar-refractivity contribution < 1.29 is 8.78 Å². The molecule has 1 aliphatic carbocycles. The molecular weight excluding hydrogens is 170 g/mol. The zero-order valence-corrected chi connectivity index (χ0v) is 7.56. The van der Waals surface area contributed by atoms with Crippen LogP contribution in [0.3, 0.4) is 0 Å². The minimum absolute atomic E-state index is 0.472. The first-order valence-electron chi connectivity index (χ1n) is 4.67. The van der Waals surface area contributed by atoms with Crippen molar-refractivity contribution in [3.05, 3.63) is 35.4 Å². The molecule has 0 nitrogen and oxygen atoms in total. The topological polar surface area (TPSA) is 0 Å². The van der Waals surface area contributed by atoms with Crippen LogP contribution in [-0.2, 0) is 0 Å². The molecule has 0 unspecified atom stereocenters. The van der Waals surface area contributed by atoms with Crippen molar-refractivity contribution in [3.63, 3.8) is 0 Å². The largest absolute Gasteiger partial charge is 0.204 e. The minimum atomic E-state index is -0.752. The Morgan fingerprint density at radius 3 is 2.62 bits per heavy atom. The average Bonchev–Trinajstić information content (AvgIpc) is 2.88. The van der Waals surface area contributed by atoms with Crippen LogP contribution in [0.4, 0.5) is 8.78 Å². The Morgan fingerprint density at radius 1 is 1.31 bits per heavy atom. The molecule has 0 spiro atoms. The Balaban J connectivity index is 2.19. The van der Waals surface area contributed by atoms with Crippen molar-refractivity contribution in [1.82, 2.24) is 0 Å². The summed E-state index contributed by atoms with van der Waals surface area (Å²) in [4.78, 5) is 0. The van der Waals surface area contributed by atoms with Crippen LogP contribution < -0.4 is 0 Å². The van der Waals surface area contributed by atoms with Gasteiger partial charge in [-0.05, 0) is 36.0 Å². The van der Waals surface area contributed by atoms with E-state index in [1.54, 1.807) is 6.07 Å². The van der Waals surface area contributed by atoms with Gasteiger partial charge in [0.1, 0.15) is 0 Å². The van der Waals surface area contributed by atoms with Gasteiger partial charge in [0.25, 0.3) is 0 Å². The lowest BCUT2D eigenvalue weighted by Gasteiger charge is -1.99. The Bertz CT molecular complexity index is 320. The smallest absolute Gasteiger partial charge is 0.159 e. The maximum Gasteiger partial charge on any atom is 0.159 e. The van der Waals surface area contributed by atoms with Gasteiger partial charge in [-0.15, -0.1) is 0 Å². The maximum atomic E-state index is 12.8. The van der Waals surface area contributed by atoms with Crippen LogP contribution in [0.2, 0.25) is 0 Å². The van der Waals surface area contributed by atoms with E-state index in [1.165, 1.54) is 12.1 Å². The summed E-state index contributed by atoms with van der Waals surface area (Å²) in [5.74, 6) is -0.318. The second-order valence-corrected chi connectivity index (χ2v) is 3.68. The second kappa shape index (κ2) is 3.09. The Morgan fingerprint density at radius 2 is 2.08 bits per heavy atom. The molecule has 1 aliphatic rings. The van der Waals surface area contributed by atoms with E-state index in [0.29, 0.717) is 11.8 Å². The Hall–Kier alpha value is -0.920. The third-order valence-corrected chi connectivity index (χ3v) is 2.82. The first-order chi connectivity index (χ1) is 6.22. The number of hydrogen-bond acceptors (Lipinski definition) is 0. The van der Waals surface area contributed by atoms with E-state index in [0.717, 1.165) is 18.4 Å². The van der Waals surface area contributed by atoms with Gasteiger partial charge >= 0.3 is 0 Å². The highest BCUT2D eigenvalue weighted by Gasteiger charge is 2.36. The van der Waals surface area contributed by atoms with E-state index in [9.17, 15) is 8.78 Å².